The lowest BCUT2D eigenvalue weighted by Crippen LogP contribution is -1.92. The SMILES string of the molecule is c1ccc(-c2c3ccccc3c(-c3ccc(-c4ccc5oc6cc7ccccc7cc6c5c4)cc3)c3ccccc23)c(-c2ccc3ccccc3c2)c1. The van der Waals surface area contributed by atoms with Gasteiger partial charge in [0.2, 0.25) is 0 Å². The maximum atomic E-state index is 6.30. The third-order valence-electron chi connectivity index (χ3n) is 11.0. The van der Waals surface area contributed by atoms with E-state index in [1.54, 1.807) is 0 Å². The number of benzene rings is 10. The molecule has 246 valence electrons. The minimum atomic E-state index is 0.913. The summed E-state index contributed by atoms with van der Waals surface area (Å²) in [4.78, 5) is 0. The molecular formula is C52H32O. The monoisotopic (exact) mass is 672 g/mol. The van der Waals surface area contributed by atoms with Gasteiger partial charge in [-0.05, 0) is 118 Å². The molecule has 53 heavy (non-hydrogen) atoms. The molecule has 0 aliphatic rings. The van der Waals surface area contributed by atoms with Crippen molar-refractivity contribution in [1.82, 2.24) is 0 Å². The number of hydrogen-bond donors (Lipinski definition) is 0. The zero-order valence-corrected chi connectivity index (χ0v) is 28.9. The van der Waals surface area contributed by atoms with Crippen LogP contribution in [0.4, 0.5) is 0 Å². The van der Waals surface area contributed by atoms with E-state index < -0.39 is 0 Å². The van der Waals surface area contributed by atoms with Crippen LogP contribution < -0.4 is 0 Å². The summed E-state index contributed by atoms with van der Waals surface area (Å²) >= 11 is 0. The van der Waals surface area contributed by atoms with E-state index in [1.165, 1.54) is 87.6 Å². The Labute approximate surface area is 307 Å². The van der Waals surface area contributed by atoms with Crippen molar-refractivity contribution in [3.05, 3.63) is 194 Å². The van der Waals surface area contributed by atoms with Crippen LogP contribution >= 0.6 is 0 Å². The largest absolute Gasteiger partial charge is 0.456 e. The topological polar surface area (TPSA) is 13.1 Å². The van der Waals surface area contributed by atoms with Gasteiger partial charge in [0.05, 0.1) is 0 Å². The lowest BCUT2D eigenvalue weighted by Gasteiger charge is -2.20. The van der Waals surface area contributed by atoms with Crippen molar-refractivity contribution in [3.8, 4) is 44.5 Å². The zero-order valence-electron chi connectivity index (χ0n) is 28.9. The number of hydrogen-bond acceptors (Lipinski definition) is 1. The average Bonchev–Trinajstić information content (AvgIpc) is 3.58. The normalized spacial score (nSPS) is 11.8. The molecule has 11 rings (SSSR count). The maximum Gasteiger partial charge on any atom is 0.136 e. The summed E-state index contributed by atoms with van der Waals surface area (Å²) < 4.78 is 6.30. The molecule has 1 heterocycles. The molecule has 11 aromatic rings. The van der Waals surface area contributed by atoms with E-state index in [-0.39, 0.29) is 0 Å². The van der Waals surface area contributed by atoms with Crippen molar-refractivity contribution in [2.45, 2.75) is 0 Å². The zero-order chi connectivity index (χ0) is 34.9. The molecule has 0 unspecified atom stereocenters. The Hall–Kier alpha value is -6.96. The van der Waals surface area contributed by atoms with Crippen LogP contribution in [0, 0.1) is 0 Å². The van der Waals surface area contributed by atoms with Gasteiger partial charge in [0.15, 0.2) is 0 Å². The summed E-state index contributed by atoms with van der Waals surface area (Å²) in [6.45, 7) is 0. The van der Waals surface area contributed by atoms with Crippen LogP contribution in [0.3, 0.4) is 0 Å². The lowest BCUT2D eigenvalue weighted by atomic mass is 9.83. The Bertz CT molecular complexity index is 3160. The van der Waals surface area contributed by atoms with Crippen LogP contribution in [0.5, 0.6) is 0 Å². The fourth-order valence-electron chi connectivity index (χ4n) is 8.51. The van der Waals surface area contributed by atoms with Gasteiger partial charge >= 0.3 is 0 Å². The van der Waals surface area contributed by atoms with Gasteiger partial charge in [0.25, 0.3) is 0 Å². The molecule has 0 N–H and O–H groups in total. The molecule has 0 amide bonds. The molecule has 1 aromatic heterocycles. The van der Waals surface area contributed by atoms with Crippen molar-refractivity contribution in [2.75, 3.05) is 0 Å². The predicted molar refractivity (Wildman–Crippen MR) is 225 cm³/mol. The van der Waals surface area contributed by atoms with Crippen molar-refractivity contribution < 1.29 is 4.42 Å². The van der Waals surface area contributed by atoms with Crippen LogP contribution in [0.1, 0.15) is 0 Å². The van der Waals surface area contributed by atoms with Gasteiger partial charge in [-0.2, -0.15) is 0 Å². The fraction of sp³-hybridized carbons (Fsp3) is 0. The molecule has 10 aromatic carbocycles. The maximum absolute atomic E-state index is 6.30. The van der Waals surface area contributed by atoms with E-state index in [4.69, 9.17) is 4.42 Å². The molecule has 0 spiro atoms. The Morgan fingerprint density at radius 3 is 1.43 bits per heavy atom. The van der Waals surface area contributed by atoms with Crippen molar-refractivity contribution in [1.29, 1.82) is 0 Å². The van der Waals surface area contributed by atoms with Crippen LogP contribution in [0.2, 0.25) is 0 Å². The minimum Gasteiger partial charge on any atom is -0.456 e. The standard InChI is InChI=1S/C52H32O/c1-2-12-36-29-40(26-23-33(36)11-1)41-15-5-6-16-42(41)52-45-19-9-7-17-43(45)51(44-18-8-10-20-46(44)52)35-24-21-34(22-25-35)39-27-28-49-47(31-39)48-30-37-13-3-4-14-38(37)32-50(48)53-49/h1-32H. The molecule has 0 bridgehead atoms. The summed E-state index contributed by atoms with van der Waals surface area (Å²) in [6.07, 6.45) is 0. The Balaban J connectivity index is 1.06. The highest BCUT2D eigenvalue weighted by Crippen LogP contribution is 2.46. The molecule has 1 heteroatoms. The van der Waals surface area contributed by atoms with Gasteiger partial charge in [-0.3, -0.25) is 0 Å². The summed E-state index contributed by atoms with van der Waals surface area (Å²) in [6, 6.07) is 70.7. The quantitative estimate of drug-likeness (QED) is 0.170. The first kappa shape index (κ1) is 29.7. The van der Waals surface area contributed by atoms with Crippen LogP contribution in [0.25, 0.3) is 110 Å². The minimum absolute atomic E-state index is 0.913. The third-order valence-corrected chi connectivity index (χ3v) is 11.0. The molecule has 0 saturated heterocycles. The molecule has 0 saturated carbocycles. The summed E-state index contributed by atoms with van der Waals surface area (Å²) in [5.41, 5.74) is 11.6. The van der Waals surface area contributed by atoms with E-state index in [9.17, 15) is 0 Å². The first-order valence-electron chi connectivity index (χ1n) is 18.2. The lowest BCUT2D eigenvalue weighted by molar-refractivity contribution is 0.669. The third kappa shape index (κ3) is 4.79. The van der Waals surface area contributed by atoms with E-state index >= 15 is 0 Å². The second-order valence-corrected chi connectivity index (χ2v) is 14.0. The highest BCUT2D eigenvalue weighted by Gasteiger charge is 2.19. The second kappa shape index (κ2) is 11.8. The Morgan fingerprint density at radius 2 is 0.736 bits per heavy atom. The number of furan rings is 1. The molecule has 0 fully saturated rings. The van der Waals surface area contributed by atoms with Gasteiger partial charge < -0.3 is 4.42 Å². The van der Waals surface area contributed by atoms with Gasteiger partial charge in [-0.25, -0.2) is 0 Å². The number of fused-ring (bicyclic) bond motifs is 7. The summed E-state index contributed by atoms with van der Waals surface area (Å²) in [5, 5.41) is 12.2. The van der Waals surface area contributed by atoms with Crippen molar-refractivity contribution in [3.63, 3.8) is 0 Å². The molecule has 0 aliphatic heterocycles. The van der Waals surface area contributed by atoms with Crippen LogP contribution in [0.15, 0.2) is 199 Å². The predicted octanol–water partition coefficient (Wildman–Crippen LogP) is 14.9. The first-order chi connectivity index (χ1) is 26.3. The first-order valence-corrected chi connectivity index (χ1v) is 18.2. The van der Waals surface area contributed by atoms with Gasteiger partial charge in [-0.1, -0.05) is 164 Å². The highest BCUT2D eigenvalue weighted by atomic mass is 16.3. The molecule has 1 nitrogen and oxygen atoms in total. The Morgan fingerprint density at radius 1 is 0.245 bits per heavy atom. The second-order valence-electron chi connectivity index (χ2n) is 14.0. The van der Waals surface area contributed by atoms with Gasteiger partial charge in [-0.15, -0.1) is 0 Å². The summed E-state index contributed by atoms with van der Waals surface area (Å²) in [7, 11) is 0. The summed E-state index contributed by atoms with van der Waals surface area (Å²) in [5.74, 6) is 0. The molecule has 0 aliphatic carbocycles. The van der Waals surface area contributed by atoms with Crippen LogP contribution in [-0.2, 0) is 0 Å². The van der Waals surface area contributed by atoms with E-state index in [1.807, 2.05) is 0 Å². The molecule has 0 atom stereocenters. The van der Waals surface area contributed by atoms with Crippen LogP contribution in [-0.4, -0.2) is 0 Å². The van der Waals surface area contributed by atoms with Crippen molar-refractivity contribution >= 4 is 65.0 Å². The fourth-order valence-corrected chi connectivity index (χ4v) is 8.51. The Kier molecular flexibility index (Phi) is 6.62. The highest BCUT2D eigenvalue weighted by molar-refractivity contribution is 6.22. The molecule has 0 radical (unpaired) electrons. The molecular weight excluding hydrogens is 641 g/mol. The van der Waals surface area contributed by atoms with E-state index in [0.717, 1.165) is 21.9 Å². The van der Waals surface area contributed by atoms with Crippen molar-refractivity contribution in [2.24, 2.45) is 0 Å². The average molecular weight is 673 g/mol. The van der Waals surface area contributed by atoms with Gasteiger partial charge in [0, 0.05) is 10.8 Å². The van der Waals surface area contributed by atoms with E-state index in [0.29, 0.717) is 0 Å². The smallest absolute Gasteiger partial charge is 0.136 e. The number of rotatable bonds is 4. The van der Waals surface area contributed by atoms with E-state index in [2.05, 4.69) is 194 Å². The van der Waals surface area contributed by atoms with Gasteiger partial charge in [0.1, 0.15) is 11.2 Å².